The number of aromatic amines is 1. The predicted octanol–water partition coefficient (Wildman–Crippen LogP) is 3.33. The molecule has 10 heteroatoms. The number of para-hydroxylation sites is 2. The highest BCUT2D eigenvalue weighted by molar-refractivity contribution is 5.91. The largest absolute Gasteiger partial charge is 0.463 e. The molecule has 166 valence electrons. The van der Waals surface area contributed by atoms with Crippen LogP contribution in [0.4, 0.5) is 5.82 Å². The number of imidazole rings is 1. The standard InChI is InChI=1S/C23H21N7O3/c1-14(2)16-11-21(31)27-23(25-16)30-20(10-17(28-30)19-8-5-9-33-19)26-22(32)12-29-13-24-15-6-3-4-7-18(15)29/h3-11,13-14H,12H2,1-2H3,(H,26,32)(H,25,27,31). The Kier molecular flexibility index (Phi) is 5.09. The van der Waals surface area contributed by atoms with Crippen molar-refractivity contribution in [3.05, 3.63) is 77.2 Å². The van der Waals surface area contributed by atoms with Crippen molar-refractivity contribution in [1.29, 1.82) is 0 Å². The highest BCUT2D eigenvalue weighted by Gasteiger charge is 2.18. The van der Waals surface area contributed by atoms with Gasteiger partial charge < -0.3 is 14.3 Å². The van der Waals surface area contributed by atoms with Gasteiger partial charge in [0.15, 0.2) is 5.76 Å². The minimum absolute atomic E-state index is 0.0405. The Hall–Kier alpha value is -4.47. The van der Waals surface area contributed by atoms with E-state index in [1.165, 1.54) is 17.0 Å². The molecule has 0 radical (unpaired) electrons. The summed E-state index contributed by atoms with van der Waals surface area (Å²) >= 11 is 0. The number of rotatable bonds is 6. The average molecular weight is 443 g/mol. The normalized spacial score (nSPS) is 11.4. The number of furan rings is 1. The van der Waals surface area contributed by atoms with Crippen LogP contribution in [-0.2, 0) is 11.3 Å². The van der Waals surface area contributed by atoms with Crippen LogP contribution in [0.25, 0.3) is 28.4 Å². The molecule has 5 aromatic rings. The average Bonchev–Trinajstić information content (AvgIpc) is 3.53. The van der Waals surface area contributed by atoms with Crippen molar-refractivity contribution in [3.8, 4) is 17.4 Å². The van der Waals surface area contributed by atoms with E-state index in [4.69, 9.17) is 4.42 Å². The topological polar surface area (TPSA) is 124 Å². The number of hydrogen-bond acceptors (Lipinski definition) is 6. The molecule has 0 spiro atoms. The molecule has 4 aromatic heterocycles. The first-order valence-electron chi connectivity index (χ1n) is 10.4. The first kappa shape index (κ1) is 20.4. The highest BCUT2D eigenvalue weighted by atomic mass is 16.3. The van der Waals surface area contributed by atoms with Gasteiger partial charge >= 0.3 is 0 Å². The van der Waals surface area contributed by atoms with Crippen molar-refractivity contribution in [2.24, 2.45) is 0 Å². The molecule has 0 fully saturated rings. The molecule has 0 bridgehead atoms. The summed E-state index contributed by atoms with van der Waals surface area (Å²) in [6, 6.07) is 14.2. The van der Waals surface area contributed by atoms with E-state index in [-0.39, 0.29) is 29.9 Å². The molecule has 1 amide bonds. The number of anilines is 1. The Balaban J connectivity index is 1.51. The number of carbonyl (C=O) groups excluding carboxylic acids is 1. The smallest absolute Gasteiger partial charge is 0.252 e. The first-order chi connectivity index (χ1) is 16.0. The van der Waals surface area contributed by atoms with Crippen LogP contribution < -0.4 is 10.9 Å². The van der Waals surface area contributed by atoms with Crippen LogP contribution in [0, 0.1) is 0 Å². The van der Waals surface area contributed by atoms with Crippen LogP contribution in [0.15, 0.2) is 70.3 Å². The van der Waals surface area contributed by atoms with Gasteiger partial charge in [0, 0.05) is 12.1 Å². The number of nitrogens with one attached hydrogen (secondary N) is 2. The third kappa shape index (κ3) is 4.05. The Labute approximate surface area is 187 Å². The zero-order valence-electron chi connectivity index (χ0n) is 18.0. The summed E-state index contributed by atoms with van der Waals surface area (Å²) < 4.78 is 8.61. The minimum atomic E-state index is -0.305. The molecule has 4 heterocycles. The second-order valence-corrected chi connectivity index (χ2v) is 7.86. The first-order valence-corrected chi connectivity index (χ1v) is 10.4. The van der Waals surface area contributed by atoms with Crippen molar-refractivity contribution in [2.45, 2.75) is 26.3 Å². The van der Waals surface area contributed by atoms with Gasteiger partial charge in [0.2, 0.25) is 11.9 Å². The maximum atomic E-state index is 12.9. The van der Waals surface area contributed by atoms with E-state index in [1.807, 2.05) is 38.1 Å². The fourth-order valence-electron chi connectivity index (χ4n) is 3.51. The van der Waals surface area contributed by atoms with Crippen molar-refractivity contribution in [3.63, 3.8) is 0 Å². The summed E-state index contributed by atoms with van der Waals surface area (Å²) in [6.45, 7) is 3.94. The summed E-state index contributed by atoms with van der Waals surface area (Å²) in [5.41, 5.74) is 2.46. The van der Waals surface area contributed by atoms with E-state index in [2.05, 4.69) is 25.4 Å². The monoisotopic (exact) mass is 443 g/mol. The maximum absolute atomic E-state index is 12.9. The van der Waals surface area contributed by atoms with Gasteiger partial charge in [-0.15, -0.1) is 0 Å². The van der Waals surface area contributed by atoms with Gasteiger partial charge in [-0.1, -0.05) is 26.0 Å². The molecule has 10 nitrogen and oxygen atoms in total. The fourth-order valence-corrected chi connectivity index (χ4v) is 3.51. The summed E-state index contributed by atoms with van der Waals surface area (Å²) in [4.78, 5) is 36.7. The maximum Gasteiger partial charge on any atom is 0.252 e. The fraction of sp³-hybridized carbons (Fsp3) is 0.174. The lowest BCUT2D eigenvalue weighted by atomic mass is 10.1. The van der Waals surface area contributed by atoms with E-state index in [9.17, 15) is 9.59 Å². The van der Waals surface area contributed by atoms with Gasteiger partial charge in [0.25, 0.3) is 5.56 Å². The molecule has 33 heavy (non-hydrogen) atoms. The minimum Gasteiger partial charge on any atom is -0.463 e. The van der Waals surface area contributed by atoms with Gasteiger partial charge in [-0.05, 0) is 30.2 Å². The van der Waals surface area contributed by atoms with Crippen molar-refractivity contribution in [2.75, 3.05) is 5.32 Å². The molecular weight excluding hydrogens is 422 g/mol. The zero-order valence-corrected chi connectivity index (χ0v) is 18.0. The number of amides is 1. The number of H-pyrrole nitrogens is 1. The molecular formula is C23H21N7O3. The van der Waals surface area contributed by atoms with Gasteiger partial charge in [0.05, 0.1) is 29.3 Å². The molecule has 1 aromatic carbocycles. The van der Waals surface area contributed by atoms with Crippen molar-refractivity contribution >= 4 is 22.8 Å². The second kappa shape index (κ2) is 8.23. The number of benzene rings is 1. The third-order valence-electron chi connectivity index (χ3n) is 5.13. The van der Waals surface area contributed by atoms with Crippen LogP contribution in [-0.4, -0.2) is 35.2 Å². The van der Waals surface area contributed by atoms with E-state index in [1.54, 1.807) is 29.1 Å². The molecule has 2 N–H and O–H groups in total. The molecule has 0 saturated carbocycles. The number of fused-ring (bicyclic) bond motifs is 1. The summed E-state index contributed by atoms with van der Waals surface area (Å²) in [6.07, 6.45) is 3.16. The lowest BCUT2D eigenvalue weighted by molar-refractivity contribution is -0.116. The van der Waals surface area contributed by atoms with Crippen molar-refractivity contribution < 1.29 is 9.21 Å². The van der Waals surface area contributed by atoms with Crippen molar-refractivity contribution in [1.82, 2.24) is 29.3 Å². The van der Waals surface area contributed by atoms with E-state index in [0.717, 1.165) is 11.0 Å². The molecule has 5 rings (SSSR count). The van der Waals surface area contributed by atoms with Gasteiger partial charge in [-0.3, -0.25) is 14.6 Å². The third-order valence-corrected chi connectivity index (χ3v) is 5.13. The number of carbonyl (C=O) groups is 1. The number of hydrogen-bond donors (Lipinski definition) is 2. The number of aromatic nitrogens is 6. The van der Waals surface area contributed by atoms with Gasteiger partial charge in [0.1, 0.15) is 18.1 Å². The van der Waals surface area contributed by atoms with E-state index >= 15 is 0 Å². The van der Waals surface area contributed by atoms with Crippen LogP contribution >= 0.6 is 0 Å². The van der Waals surface area contributed by atoms with E-state index in [0.29, 0.717) is 23.0 Å². The van der Waals surface area contributed by atoms with Crippen LogP contribution in [0.5, 0.6) is 0 Å². The summed E-state index contributed by atoms with van der Waals surface area (Å²) in [7, 11) is 0. The second-order valence-electron chi connectivity index (χ2n) is 7.86. The Morgan fingerprint density at radius 1 is 1.18 bits per heavy atom. The SMILES string of the molecule is CC(C)c1cc(=O)[nH]c(-n2nc(-c3ccco3)cc2NC(=O)Cn2cnc3ccccc32)n1. The molecule has 0 saturated heterocycles. The summed E-state index contributed by atoms with van der Waals surface area (Å²) in [5.74, 6) is 0.825. The molecule has 0 unspecified atom stereocenters. The van der Waals surface area contributed by atoms with Crippen LogP contribution in [0.2, 0.25) is 0 Å². The van der Waals surface area contributed by atoms with Gasteiger partial charge in [-0.2, -0.15) is 9.78 Å². The zero-order chi connectivity index (χ0) is 22.9. The lowest BCUT2D eigenvalue weighted by Gasteiger charge is -2.10. The molecule has 0 aliphatic rings. The molecule has 0 aliphatic heterocycles. The Morgan fingerprint density at radius 3 is 2.82 bits per heavy atom. The van der Waals surface area contributed by atoms with E-state index < -0.39 is 0 Å². The summed E-state index contributed by atoms with van der Waals surface area (Å²) in [5, 5.41) is 7.39. The molecule has 0 atom stereocenters. The highest BCUT2D eigenvalue weighted by Crippen LogP contribution is 2.24. The Bertz CT molecular complexity index is 1490. The predicted molar refractivity (Wildman–Crippen MR) is 122 cm³/mol. The Morgan fingerprint density at radius 2 is 2.03 bits per heavy atom. The lowest BCUT2D eigenvalue weighted by Crippen LogP contribution is -2.22. The van der Waals surface area contributed by atoms with Crippen LogP contribution in [0.3, 0.4) is 0 Å². The molecule has 0 aliphatic carbocycles. The van der Waals surface area contributed by atoms with Crippen LogP contribution in [0.1, 0.15) is 25.5 Å². The number of nitrogens with zero attached hydrogens (tertiary/aromatic N) is 5. The van der Waals surface area contributed by atoms with Gasteiger partial charge in [-0.25, -0.2) is 9.97 Å². The quantitative estimate of drug-likeness (QED) is 0.415.